The molecule has 1 aromatic carbocycles. The summed E-state index contributed by atoms with van der Waals surface area (Å²) in [6.07, 6.45) is 1.26. The lowest BCUT2D eigenvalue weighted by atomic mass is 10.2. The van der Waals surface area contributed by atoms with Crippen molar-refractivity contribution in [2.75, 3.05) is 24.5 Å². The molecule has 0 unspecified atom stereocenters. The summed E-state index contributed by atoms with van der Waals surface area (Å²) in [6.45, 7) is 6.07. The van der Waals surface area contributed by atoms with Gasteiger partial charge in [0.1, 0.15) is 0 Å². The van der Waals surface area contributed by atoms with Crippen LogP contribution in [0.1, 0.15) is 33.6 Å². The molecule has 0 aliphatic heterocycles. The van der Waals surface area contributed by atoms with Crippen molar-refractivity contribution in [1.29, 1.82) is 0 Å². The molecule has 0 saturated heterocycles. The molecular formula is C14H22N4O6S. The number of sulfonamides is 1. The van der Waals surface area contributed by atoms with Gasteiger partial charge in [0.05, 0.1) is 14.7 Å². The van der Waals surface area contributed by atoms with Crippen LogP contribution in [0.25, 0.3) is 0 Å². The minimum Gasteiger partial charge on any atom is -0.360 e. The Kier molecular flexibility index (Phi) is 7.24. The van der Waals surface area contributed by atoms with E-state index in [1.54, 1.807) is 11.8 Å². The van der Waals surface area contributed by atoms with E-state index in [4.69, 9.17) is 0 Å². The standard InChI is InChI=1S/C14H22N4O6S/c1-4-7-16(8-5-2)14-12(17(19)20)9-11(10-13(14)18(21)22)25(23,24)15-6-3/h9-10,15H,4-8H2,1-3H3. The number of nitro groups is 2. The Morgan fingerprint density at radius 1 is 1.00 bits per heavy atom. The number of hydrogen-bond donors (Lipinski definition) is 1. The highest BCUT2D eigenvalue weighted by atomic mass is 32.2. The number of anilines is 1. The molecule has 0 radical (unpaired) electrons. The second-order valence-electron chi connectivity index (χ2n) is 5.31. The van der Waals surface area contributed by atoms with Gasteiger partial charge in [0.2, 0.25) is 10.0 Å². The van der Waals surface area contributed by atoms with Crippen molar-refractivity contribution in [2.45, 2.75) is 38.5 Å². The minimum absolute atomic E-state index is 0.0590. The van der Waals surface area contributed by atoms with E-state index in [2.05, 4.69) is 4.72 Å². The van der Waals surface area contributed by atoms with E-state index in [0.717, 1.165) is 12.1 Å². The molecule has 1 aromatic rings. The van der Waals surface area contributed by atoms with Gasteiger partial charge < -0.3 is 4.90 Å². The summed E-state index contributed by atoms with van der Waals surface area (Å²) in [5.41, 5.74) is -1.34. The molecule has 0 amide bonds. The quantitative estimate of drug-likeness (QED) is 0.490. The molecule has 0 atom stereocenters. The molecule has 0 aromatic heterocycles. The van der Waals surface area contributed by atoms with Crippen molar-refractivity contribution in [1.82, 2.24) is 4.72 Å². The average molecular weight is 374 g/mol. The third kappa shape index (κ3) is 4.86. The SMILES string of the molecule is CCCN(CCC)c1c([N+](=O)[O-])cc(S(=O)(=O)NCC)cc1[N+](=O)[O-]. The van der Waals surface area contributed by atoms with Crippen LogP contribution >= 0.6 is 0 Å². The van der Waals surface area contributed by atoms with E-state index >= 15 is 0 Å². The zero-order chi connectivity index (χ0) is 19.2. The molecule has 25 heavy (non-hydrogen) atoms. The van der Waals surface area contributed by atoms with Crippen LogP contribution in [-0.2, 0) is 10.0 Å². The number of nitrogens with zero attached hydrogens (tertiary/aromatic N) is 3. The van der Waals surface area contributed by atoms with Gasteiger partial charge in [-0.25, -0.2) is 13.1 Å². The third-order valence-corrected chi connectivity index (χ3v) is 4.91. The van der Waals surface area contributed by atoms with Gasteiger partial charge in [0, 0.05) is 31.8 Å². The van der Waals surface area contributed by atoms with E-state index < -0.39 is 36.1 Å². The van der Waals surface area contributed by atoms with Gasteiger partial charge in [-0.2, -0.15) is 0 Å². The molecule has 1 rings (SSSR count). The molecule has 0 aliphatic rings. The first-order valence-corrected chi connectivity index (χ1v) is 9.39. The van der Waals surface area contributed by atoms with Crippen LogP contribution in [-0.4, -0.2) is 37.9 Å². The summed E-state index contributed by atoms with van der Waals surface area (Å²) in [7, 11) is -4.07. The summed E-state index contributed by atoms with van der Waals surface area (Å²) in [4.78, 5) is 22.5. The van der Waals surface area contributed by atoms with Gasteiger partial charge in [-0.05, 0) is 12.8 Å². The lowest BCUT2D eigenvalue weighted by Crippen LogP contribution is -2.27. The van der Waals surface area contributed by atoms with Gasteiger partial charge in [0.15, 0.2) is 5.69 Å². The second-order valence-corrected chi connectivity index (χ2v) is 7.08. The third-order valence-electron chi connectivity index (χ3n) is 3.38. The van der Waals surface area contributed by atoms with Crippen LogP contribution in [0.2, 0.25) is 0 Å². The molecule has 0 bridgehead atoms. The summed E-state index contributed by atoms with van der Waals surface area (Å²) in [5, 5.41) is 23.0. The number of rotatable bonds is 10. The van der Waals surface area contributed by atoms with Gasteiger partial charge in [0.25, 0.3) is 0 Å². The Morgan fingerprint density at radius 3 is 1.76 bits per heavy atom. The maximum atomic E-state index is 12.1. The summed E-state index contributed by atoms with van der Waals surface area (Å²) >= 11 is 0. The first-order chi connectivity index (χ1) is 11.7. The Bertz CT molecular complexity index is 709. The number of hydrogen-bond acceptors (Lipinski definition) is 7. The molecule has 1 N–H and O–H groups in total. The van der Waals surface area contributed by atoms with Crippen molar-refractivity contribution >= 4 is 27.1 Å². The lowest BCUT2D eigenvalue weighted by Gasteiger charge is -2.23. The monoisotopic (exact) mass is 374 g/mol. The van der Waals surface area contributed by atoms with E-state index in [9.17, 15) is 28.6 Å². The van der Waals surface area contributed by atoms with E-state index in [-0.39, 0.29) is 12.2 Å². The number of benzene rings is 1. The van der Waals surface area contributed by atoms with Gasteiger partial charge in [-0.15, -0.1) is 0 Å². The fraction of sp³-hybridized carbons (Fsp3) is 0.571. The second kappa shape index (κ2) is 8.72. The Labute approximate surface area is 146 Å². The molecular weight excluding hydrogens is 352 g/mol. The van der Waals surface area contributed by atoms with E-state index in [1.807, 2.05) is 13.8 Å². The molecule has 0 heterocycles. The number of nitrogens with one attached hydrogen (secondary N) is 1. The fourth-order valence-corrected chi connectivity index (χ4v) is 3.57. The summed E-state index contributed by atoms with van der Waals surface area (Å²) < 4.78 is 26.5. The van der Waals surface area contributed by atoms with Crippen molar-refractivity contribution in [3.8, 4) is 0 Å². The highest BCUT2D eigenvalue weighted by Crippen LogP contribution is 2.40. The van der Waals surface area contributed by atoms with Crippen LogP contribution in [0.15, 0.2) is 17.0 Å². The van der Waals surface area contributed by atoms with Gasteiger partial charge in [-0.1, -0.05) is 20.8 Å². The van der Waals surface area contributed by atoms with Crippen molar-refractivity contribution < 1.29 is 18.3 Å². The van der Waals surface area contributed by atoms with Crippen LogP contribution in [0, 0.1) is 20.2 Å². The Morgan fingerprint density at radius 2 is 1.44 bits per heavy atom. The zero-order valence-electron chi connectivity index (χ0n) is 14.4. The first kappa shape index (κ1) is 20.8. The molecule has 11 heteroatoms. The van der Waals surface area contributed by atoms with Crippen LogP contribution in [0.3, 0.4) is 0 Å². The molecule has 140 valence electrons. The van der Waals surface area contributed by atoms with Gasteiger partial charge >= 0.3 is 11.4 Å². The van der Waals surface area contributed by atoms with Crippen molar-refractivity contribution in [3.05, 3.63) is 32.4 Å². The molecule has 0 aliphatic carbocycles. The normalized spacial score (nSPS) is 11.3. The van der Waals surface area contributed by atoms with Gasteiger partial charge in [-0.3, -0.25) is 20.2 Å². The Balaban J connectivity index is 3.76. The van der Waals surface area contributed by atoms with Crippen molar-refractivity contribution in [2.24, 2.45) is 0 Å². The summed E-state index contributed by atoms with van der Waals surface area (Å²) in [5.74, 6) is 0. The van der Waals surface area contributed by atoms with Crippen LogP contribution in [0.5, 0.6) is 0 Å². The molecule has 0 saturated carbocycles. The Hall–Kier alpha value is -2.27. The smallest absolute Gasteiger partial charge is 0.301 e. The minimum atomic E-state index is -4.07. The highest BCUT2D eigenvalue weighted by Gasteiger charge is 2.33. The molecule has 10 nitrogen and oxygen atoms in total. The highest BCUT2D eigenvalue weighted by molar-refractivity contribution is 7.89. The number of nitro benzene ring substituents is 2. The summed E-state index contributed by atoms with van der Waals surface area (Å²) in [6, 6.07) is 1.75. The van der Waals surface area contributed by atoms with Crippen molar-refractivity contribution in [3.63, 3.8) is 0 Å². The zero-order valence-corrected chi connectivity index (χ0v) is 15.2. The van der Waals surface area contributed by atoms with Crippen LogP contribution in [0.4, 0.5) is 17.1 Å². The van der Waals surface area contributed by atoms with E-state index in [1.165, 1.54) is 0 Å². The fourth-order valence-electron chi connectivity index (χ4n) is 2.49. The lowest BCUT2D eigenvalue weighted by molar-refractivity contribution is -0.393. The molecule has 0 fully saturated rings. The predicted octanol–water partition coefficient (Wildman–Crippen LogP) is 2.43. The average Bonchev–Trinajstić information content (AvgIpc) is 2.53. The predicted molar refractivity (Wildman–Crippen MR) is 93.4 cm³/mol. The maximum absolute atomic E-state index is 12.1. The maximum Gasteiger partial charge on any atom is 0.301 e. The molecule has 0 spiro atoms. The largest absolute Gasteiger partial charge is 0.360 e. The first-order valence-electron chi connectivity index (χ1n) is 7.90. The topological polar surface area (TPSA) is 136 Å². The van der Waals surface area contributed by atoms with Crippen LogP contribution < -0.4 is 9.62 Å². The van der Waals surface area contributed by atoms with E-state index in [0.29, 0.717) is 25.9 Å².